The maximum absolute atomic E-state index is 12.9. The van der Waals surface area contributed by atoms with Crippen molar-refractivity contribution in [1.29, 1.82) is 0 Å². The predicted octanol–water partition coefficient (Wildman–Crippen LogP) is 4.89. The Hall–Kier alpha value is -2.33. The molecule has 10 heteroatoms. The van der Waals surface area contributed by atoms with Crippen molar-refractivity contribution in [3.05, 3.63) is 59.7 Å². The molecule has 0 radical (unpaired) electrons. The minimum Gasteiger partial charge on any atom is -0.460 e. The molecule has 0 aliphatic carbocycles. The Kier molecular flexibility index (Phi) is 11.3. The first kappa shape index (κ1) is 25.9. The minimum absolute atomic E-state index is 0.0234. The molecule has 1 N–H and O–H groups in total. The molecule has 0 aliphatic rings. The first-order valence-electron chi connectivity index (χ1n) is 9.91. The van der Waals surface area contributed by atoms with E-state index in [9.17, 15) is 18.0 Å². The second-order valence-electron chi connectivity index (χ2n) is 6.41. The topological polar surface area (TPSA) is 66.0 Å². The van der Waals surface area contributed by atoms with Crippen LogP contribution in [0.2, 0.25) is 0 Å². The van der Waals surface area contributed by atoms with Crippen LogP contribution in [-0.2, 0) is 25.1 Å². The summed E-state index contributed by atoms with van der Waals surface area (Å²) >= 11 is 5.48. The van der Waals surface area contributed by atoms with Gasteiger partial charge < -0.3 is 24.3 Å². The van der Waals surface area contributed by atoms with Crippen molar-refractivity contribution in [2.24, 2.45) is 0 Å². The van der Waals surface area contributed by atoms with Gasteiger partial charge >= 0.3 is 12.1 Å². The molecule has 0 unspecified atom stereocenters. The number of hydrogen-bond acceptors (Lipinski definition) is 6. The van der Waals surface area contributed by atoms with E-state index in [0.29, 0.717) is 44.6 Å². The molecule has 0 amide bonds. The zero-order valence-corrected chi connectivity index (χ0v) is 18.1. The Morgan fingerprint density at radius 3 is 2.12 bits per heavy atom. The number of ether oxygens (including phenoxy) is 4. The Bertz CT molecular complexity index is 835. The number of alkyl halides is 4. The van der Waals surface area contributed by atoms with Gasteiger partial charge in [0.2, 0.25) is 0 Å². The molecule has 2 aromatic carbocycles. The van der Waals surface area contributed by atoms with Gasteiger partial charge in [0.25, 0.3) is 0 Å². The Labute approximate surface area is 189 Å². The van der Waals surface area contributed by atoms with Crippen molar-refractivity contribution < 1.29 is 36.9 Å². The molecule has 6 nitrogen and oxygen atoms in total. The van der Waals surface area contributed by atoms with Crippen LogP contribution in [0.3, 0.4) is 0 Å². The summed E-state index contributed by atoms with van der Waals surface area (Å²) in [5.41, 5.74) is -0.0457. The first-order chi connectivity index (χ1) is 15.4. The lowest BCUT2D eigenvalue weighted by molar-refractivity contribution is -0.137. The SMILES string of the molecule is O=C(OCCOCCOCCOCCCl)c1ccccc1Nc1cccc(C(F)(F)F)c1. The van der Waals surface area contributed by atoms with E-state index in [-0.39, 0.29) is 24.5 Å². The van der Waals surface area contributed by atoms with Gasteiger partial charge in [-0.1, -0.05) is 18.2 Å². The smallest absolute Gasteiger partial charge is 0.416 e. The maximum atomic E-state index is 12.9. The number of rotatable bonds is 14. The molecule has 0 heterocycles. The van der Waals surface area contributed by atoms with E-state index in [1.54, 1.807) is 18.2 Å². The molecule has 0 bridgehead atoms. The van der Waals surface area contributed by atoms with Crippen molar-refractivity contribution in [2.45, 2.75) is 6.18 Å². The van der Waals surface area contributed by atoms with E-state index in [2.05, 4.69) is 5.32 Å². The fraction of sp³-hybridized carbons (Fsp3) is 0.409. The number of anilines is 2. The van der Waals surface area contributed by atoms with Crippen LogP contribution in [0.4, 0.5) is 24.5 Å². The molecule has 0 saturated heterocycles. The summed E-state index contributed by atoms with van der Waals surface area (Å²) in [6.07, 6.45) is -4.46. The highest BCUT2D eigenvalue weighted by molar-refractivity contribution is 6.17. The molecule has 0 fully saturated rings. The standard InChI is InChI=1S/C22H25ClF3NO5/c23-8-9-29-10-11-30-12-13-31-14-15-32-21(28)19-6-1-2-7-20(19)27-18-5-3-4-17(16-18)22(24,25)26/h1-7,16,27H,8-15H2. The van der Waals surface area contributed by atoms with Crippen molar-refractivity contribution in [3.8, 4) is 0 Å². The van der Waals surface area contributed by atoms with E-state index < -0.39 is 17.7 Å². The fourth-order valence-corrected chi connectivity index (χ4v) is 2.68. The Morgan fingerprint density at radius 1 is 0.844 bits per heavy atom. The molecule has 0 saturated carbocycles. The summed E-state index contributed by atoms with van der Waals surface area (Å²) in [5, 5.41) is 2.84. The molecule has 0 aromatic heterocycles. The van der Waals surface area contributed by atoms with Crippen molar-refractivity contribution in [2.75, 3.05) is 57.4 Å². The number of hydrogen-bond donors (Lipinski definition) is 1. The third kappa shape index (κ3) is 9.44. The molecular formula is C22H25ClF3NO5. The molecule has 0 aliphatic heterocycles. The first-order valence-corrected chi connectivity index (χ1v) is 10.4. The van der Waals surface area contributed by atoms with E-state index in [1.807, 2.05) is 0 Å². The van der Waals surface area contributed by atoms with Crippen LogP contribution in [0.25, 0.3) is 0 Å². The van der Waals surface area contributed by atoms with E-state index in [0.717, 1.165) is 12.1 Å². The molecule has 176 valence electrons. The van der Waals surface area contributed by atoms with E-state index in [4.69, 9.17) is 30.5 Å². The van der Waals surface area contributed by atoms with E-state index in [1.165, 1.54) is 18.2 Å². The Balaban J connectivity index is 1.76. The summed E-state index contributed by atoms with van der Waals surface area (Å²) in [7, 11) is 0. The van der Waals surface area contributed by atoms with Gasteiger partial charge in [0.1, 0.15) is 6.61 Å². The van der Waals surface area contributed by atoms with Crippen LogP contribution < -0.4 is 5.32 Å². The van der Waals surface area contributed by atoms with Crippen LogP contribution >= 0.6 is 11.6 Å². The normalized spacial score (nSPS) is 11.4. The number of halogens is 4. The maximum Gasteiger partial charge on any atom is 0.416 e. The second-order valence-corrected chi connectivity index (χ2v) is 6.79. The number of esters is 1. The summed E-state index contributed by atoms with van der Waals surface area (Å²) < 4.78 is 59.7. The summed E-state index contributed by atoms with van der Waals surface area (Å²) in [6, 6.07) is 11.1. The lowest BCUT2D eigenvalue weighted by Gasteiger charge is -2.13. The minimum atomic E-state index is -4.46. The molecule has 0 spiro atoms. The average Bonchev–Trinajstić information content (AvgIpc) is 2.77. The highest BCUT2D eigenvalue weighted by Gasteiger charge is 2.30. The third-order valence-corrected chi connectivity index (χ3v) is 4.20. The molecule has 0 atom stereocenters. The largest absolute Gasteiger partial charge is 0.460 e. The van der Waals surface area contributed by atoms with Gasteiger partial charge in [0.05, 0.1) is 56.5 Å². The number of nitrogens with one attached hydrogen (secondary N) is 1. The monoisotopic (exact) mass is 475 g/mol. The van der Waals surface area contributed by atoms with Crippen LogP contribution in [0.1, 0.15) is 15.9 Å². The highest BCUT2D eigenvalue weighted by atomic mass is 35.5. The van der Waals surface area contributed by atoms with Gasteiger partial charge in [-0.3, -0.25) is 0 Å². The van der Waals surface area contributed by atoms with Crippen LogP contribution in [0, 0.1) is 0 Å². The second kappa shape index (κ2) is 13.9. The fourth-order valence-electron chi connectivity index (χ4n) is 2.57. The number of para-hydroxylation sites is 1. The van der Waals surface area contributed by atoms with Gasteiger partial charge in [0, 0.05) is 11.6 Å². The molecule has 32 heavy (non-hydrogen) atoms. The van der Waals surface area contributed by atoms with Crippen LogP contribution in [0.15, 0.2) is 48.5 Å². The zero-order chi connectivity index (χ0) is 23.2. The average molecular weight is 476 g/mol. The summed E-state index contributed by atoms with van der Waals surface area (Å²) in [6.45, 7) is 2.29. The predicted molar refractivity (Wildman–Crippen MR) is 115 cm³/mol. The summed E-state index contributed by atoms with van der Waals surface area (Å²) in [4.78, 5) is 12.4. The van der Waals surface area contributed by atoms with Gasteiger partial charge in [-0.05, 0) is 30.3 Å². The van der Waals surface area contributed by atoms with E-state index >= 15 is 0 Å². The van der Waals surface area contributed by atoms with Crippen LogP contribution in [0.5, 0.6) is 0 Å². The molecule has 2 aromatic rings. The van der Waals surface area contributed by atoms with Gasteiger partial charge in [-0.2, -0.15) is 13.2 Å². The van der Waals surface area contributed by atoms with Crippen molar-refractivity contribution >= 4 is 28.9 Å². The quantitative estimate of drug-likeness (QED) is 0.238. The third-order valence-electron chi connectivity index (χ3n) is 4.04. The molecule has 2 rings (SSSR count). The highest BCUT2D eigenvalue weighted by Crippen LogP contribution is 2.31. The van der Waals surface area contributed by atoms with Crippen molar-refractivity contribution in [3.63, 3.8) is 0 Å². The van der Waals surface area contributed by atoms with Gasteiger partial charge in [-0.15, -0.1) is 11.6 Å². The van der Waals surface area contributed by atoms with Crippen LogP contribution in [-0.4, -0.2) is 58.1 Å². The lowest BCUT2D eigenvalue weighted by Crippen LogP contribution is -2.15. The van der Waals surface area contributed by atoms with Gasteiger partial charge in [-0.25, -0.2) is 4.79 Å². The Morgan fingerprint density at radius 2 is 1.47 bits per heavy atom. The number of benzene rings is 2. The summed E-state index contributed by atoms with van der Waals surface area (Å²) in [5.74, 6) is -0.176. The van der Waals surface area contributed by atoms with Crippen molar-refractivity contribution in [1.82, 2.24) is 0 Å². The number of carbonyl (C=O) groups excluding carboxylic acids is 1. The van der Waals surface area contributed by atoms with Gasteiger partial charge in [0.15, 0.2) is 0 Å². The lowest BCUT2D eigenvalue weighted by atomic mass is 10.1. The molecular weight excluding hydrogens is 451 g/mol. The zero-order valence-electron chi connectivity index (χ0n) is 17.3. The number of carbonyl (C=O) groups is 1.